The fourth-order valence-electron chi connectivity index (χ4n) is 2.11. The monoisotopic (exact) mass is 401 g/mol. The summed E-state index contributed by atoms with van der Waals surface area (Å²) in [6.45, 7) is 5.24. The van der Waals surface area contributed by atoms with Crippen molar-refractivity contribution in [3.8, 4) is 0 Å². The van der Waals surface area contributed by atoms with Crippen molar-refractivity contribution in [3.05, 3.63) is 54.6 Å². The maximum Gasteiger partial charge on any atom is 0.0380 e. The van der Waals surface area contributed by atoms with Gasteiger partial charge in [0.2, 0.25) is 0 Å². The topological polar surface area (TPSA) is 12.0 Å². The van der Waals surface area contributed by atoms with E-state index in [9.17, 15) is 0 Å². The molecule has 0 bridgehead atoms. The molecule has 1 atom stereocenters. The molecule has 0 radical (unpaired) electrons. The third-order valence-electron chi connectivity index (χ3n) is 3.06. The second-order valence-corrected chi connectivity index (χ2v) is 7.24. The Labute approximate surface area is 135 Å². The average molecular weight is 403 g/mol. The van der Waals surface area contributed by atoms with E-state index in [-0.39, 0.29) is 0 Å². The van der Waals surface area contributed by atoms with Gasteiger partial charge in [-0.05, 0) is 58.0 Å². The highest BCUT2D eigenvalue weighted by atomic mass is 79.9. The molecular formula is C15H17Br2NS. The summed E-state index contributed by atoms with van der Waals surface area (Å²) in [6.07, 6.45) is 1.01. The van der Waals surface area contributed by atoms with Crippen molar-refractivity contribution in [3.63, 3.8) is 0 Å². The number of halogens is 2. The molecule has 1 aromatic carbocycles. The van der Waals surface area contributed by atoms with Crippen LogP contribution in [0.3, 0.4) is 0 Å². The highest BCUT2D eigenvalue weighted by Crippen LogP contribution is 2.31. The zero-order chi connectivity index (χ0) is 13.8. The van der Waals surface area contributed by atoms with Gasteiger partial charge in [-0.2, -0.15) is 0 Å². The summed E-state index contributed by atoms with van der Waals surface area (Å²) in [5, 5.41) is 5.71. The molecule has 0 saturated heterocycles. The van der Waals surface area contributed by atoms with E-state index < -0.39 is 0 Å². The number of aryl methyl sites for hydroxylation is 1. The van der Waals surface area contributed by atoms with E-state index in [2.05, 4.69) is 80.7 Å². The molecule has 0 aliphatic carbocycles. The Morgan fingerprint density at radius 1 is 1.21 bits per heavy atom. The van der Waals surface area contributed by atoms with Gasteiger partial charge in [-0.15, -0.1) is 11.3 Å². The molecule has 0 saturated carbocycles. The summed E-state index contributed by atoms with van der Waals surface area (Å²) in [6, 6.07) is 9.04. The third kappa shape index (κ3) is 3.91. The normalized spacial score (nSPS) is 12.6. The number of nitrogens with one attached hydrogen (secondary N) is 1. The Kier molecular flexibility index (Phi) is 5.63. The Hall–Kier alpha value is -0.160. The molecule has 0 fully saturated rings. The van der Waals surface area contributed by atoms with Crippen LogP contribution < -0.4 is 5.32 Å². The predicted molar refractivity (Wildman–Crippen MR) is 91.0 cm³/mol. The fraction of sp³-hybridized carbons (Fsp3) is 0.333. The van der Waals surface area contributed by atoms with Crippen LogP contribution in [0.2, 0.25) is 0 Å². The van der Waals surface area contributed by atoms with Crippen molar-refractivity contribution in [1.29, 1.82) is 0 Å². The highest BCUT2D eigenvalue weighted by Gasteiger charge is 2.16. The lowest BCUT2D eigenvalue weighted by Crippen LogP contribution is -2.23. The van der Waals surface area contributed by atoms with E-state index >= 15 is 0 Å². The van der Waals surface area contributed by atoms with E-state index in [1.807, 2.05) is 0 Å². The van der Waals surface area contributed by atoms with Gasteiger partial charge < -0.3 is 5.32 Å². The van der Waals surface area contributed by atoms with Gasteiger partial charge >= 0.3 is 0 Å². The number of rotatable bonds is 5. The minimum atomic E-state index is 0.343. The summed E-state index contributed by atoms with van der Waals surface area (Å²) in [5.74, 6) is 0. The van der Waals surface area contributed by atoms with E-state index in [1.165, 1.54) is 24.9 Å². The largest absolute Gasteiger partial charge is 0.310 e. The maximum atomic E-state index is 3.69. The molecule has 1 nitrogen and oxygen atoms in total. The van der Waals surface area contributed by atoms with Crippen molar-refractivity contribution in [2.24, 2.45) is 0 Å². The summed E-state index contributed by atoms with van der Waals surface area (Å²) in [5.41, 5.74) is 2.61. The Balaban J connectivity index is 2.27. The van der Waals surface area contributed by atoms with Gasteiger partial charge in [0, 0.05) is 26.3 Å². The van der Waals surface area contributed by atoms with Crippen LogP contribution in [0, 0.1) is 6.92 Å². The first-order valence-electron chi connectivity index (χ1n) is 6.33. The van der Waals surface area contributed by atoms with Crippen molar-refractivity contribution >= 4 is 43.2 Å². The van der Waals surface area contributed by atoms with Gasteiger partial charge in [-0.1, -0.05) is 35.0 Å². The van der Waals surface area contributed by atoms with Crippen LogP contribution in [-0.4, -0.2) is 6.54 Å². The van der Waals surface area contributed by atoms with Crippen molar-refractivity contribution in [1.82, 2.24) is 5.32 Å². The fourth-order valence-corrected chi connectivity index (χ4v) is 4.44. The molecule has 2 rings (SSSR count). The lowest BCUT2D eigenvalue weighted by Gasteiger charge is -2.20. The molecule has 0 aliphatic heterocycles. The van der Waals surface area contributed by atoms with Gasteiger partial charge in [0.25, 0.3) is 0 Å². The molecule has 1 aromatic heterocycles. The minimum Gasteiger partial charge on any atom is -0.310 e. The summed E-state index contributed by atoms with van der Waals surface area (Å²) >= 11 is 9.12. The lowest BCUT2D eigenvalue weighted by molar-refractivity contribution is 0.550. The molecule has 0 amide bonds. The number of likely N-dealkylation sites (N-methyl/N-ethyl adjacent to an activating group) is 1. The number of thiophene rings is 1. The van der Waals surface area contributed by atoms with Gasteiger partial charge in [0.15, 0.2) is 0 Å². The molecular weight excluding hydrogens is 386 g/mol. The summed E-state index contributed by atoms with van der Waals surface area (Å²) in [4.78, 5) is 1.39. The SMILES string of the molecule is CCNC(Cc1sccc1Br)c1ccc(C)cc1Br. The first-order chi connectivity index (χ1) is 9.11. The first-order valence-corrected chi connectivity index (χ1v) is 8.79. The van der Waals surface area contributed by atoms with Gasteiger partial charge in [-0.25, -0.2) is 0 Å². The molecule has 2 aromatic rings. The summed E-state index contributed by atoms with van der Waals surface area (Å²) < 4.78 is 2.40. The summed E-state index contributed by atoms with van der Waals surface area (Å²) in [7, 11) is 0. The average Bonchev–Trinajstić information content (AvgIpc) is 2.75. The van der Waals surface area contributed by atoms with E-state index in [0.29, 0.717) is 6.04 Å². The van der Waals surface area contributed by atoms with Crippen LogP contribution >= 0.6 is 43.2 Å². The molecule has 0 spiro atoms. The number of hydrogen-bond acceptors (Lipinski definition) is 2. The molecule has 0 aliphatic rings. The minimum absolute atomic E-state index is 0.343. The smallest absolute Gasteiger partial charge is 0.0380 e. The number of benzene rings is 1. The quantitative estimate of drug-likeness (QED) is 0.698. The van der Waals surface area contributed by atoms with Crippen LogP contribution in [0.25, 0.3) is 0 Å². The van der Waals surface area contributed by atoms with Crippen LogP contribution in [0.4, 0.5) is 0 Å². The van der Waals surface area contributed by atoms with E-state index in [4.69, 9.17) is 0 Å². The van der Waals surface area contributed by atoms with Crippen molar-refractivity contribution in [2.75, 3.05) is 6.54 Å². The predicted octanol–water partition coefficient (Wildman–Crippen LogP) is 5.47. The molecule has 1 heterocycles. The Bertz CT molecular complexity index is 551. The molecule has 1 N–H and O–H groups in total. The second-order valence-electron chi connectivity index (χ2n) is 4.53. The highest BCUT2D eigenvalue weighted by molar-refractivity contribution is 9.10. The van der Waals surface area contributed by atoms with Gasteiger partial charge in [0.1, 0.15) is 0 Å². The lowest BCUT2D eigenvalue weighted by atomic mass is 10.0. The van der Waals surface area contributed by atoms with Crippen molar-refractivity contribution in [2.45, 2.75) is 26.3 Å². The third-order valence-corrected chi connectivity index (χ3v) is 5.70. The van der Waals surface area contributed by atoms with Gasteiger partial charge in [0.05, 0.1) is 0 Å². The van der Waals surface area contributed by atoms with Crippen LogP contribution in [0.15, 0.2) is 38.6 Å². The molecule has 4 heteroatoms. The van der Waals surface area contributed by atoms with E-state index in [0.717, 1.165) is 13.0 Å². The molecule has 1 unspecified atom stereocenters. The second kappa shape index (κ2) is 7.02. The van der Waals surface area contributed by atoms with Crippen molar-refractivity contribution < 1.29 is 0 Å². The van der Waals surface area contributed by atoms with Crippen LogP contribution in [0.1, 0.15) is 29.0 Å². The van der Waals surface area contributed by atoms with Crippen LogP contribution in [-0.2, 0) is 6.42 Å². The maximum absolute atomic E-state index is 3.69. The zero-order valence-corrected chi connectivity index (χ0v) is 15.0. The zero-order valence-electron chi connectivity index (χ0n) is 11.0. The van der Waals surface area contributed by atoms with Gasteiger partial charge in [-0.3, -0.25) is 0 Å². The molecule has 102 valence electrons. The van der Waals surface area contributed by atoms with Crippen LogP contribution in [0.5, 0.6) is 0 Å². The Morgan fingerprint density at radius 2 is 2.00 bits per heavy atom. The Morgan fingerprint density at radius 3 is 2.58 bits per heavy atom. The standard InChI is InChI=1S/C15H17Br2NS/c1-3-18-14(9-15-12(16)6-7-19-15)11-5-4-10(2)8-13(11)17/h4-8,14,18H,3,9H2,1-2H3. The molecule has 19 heavy (non-hydrogen) atoms. The number of hydrogen-bond donors (Lipinski definition) is 1. The first kappa shape index (κ1) is 15.2. The van der Waals surface area contributed by atoms with E-state index in [1.54, 1.807) is 11.3 Å².